The number of halogens is 1. The first-order chi connectivity index (χ1) is 10.00. The van der Waals surface area contributed by atoms with Crippen LogP contribution in [-0.4, -0.2) is 25.3 Å². The highest BCUT2D eigenvalue weighted by Gasteiger charge is 2.40. The van der Waals surface area contributed by atoms with Crippen molar-refractivity contribution in [3.63, 3.8) is 0 Å². The Balaban J connectivity index is 1.96. The zero-order valence-electron chi connectivity index (χ0n) is 12.0. The van der Waals surface area contributed by atoms with Crippen molar-refractivity contribution in [1.29, 1.82) is 0 Å². The summed E-state index contributed by atoms with van der Waals surface area (Å²) in [5.74, 6) is 0.509. The van der Waals surface area contributed by atoms with Crippen LogP contribution in [0.25, 0.3) is 0 Å². The number of nitrogens with zero attached hydrogens (tertiary/aromatic N) is 1. The van der Waals surface area contributed by atoms with E-state index in [1.165, 1.54) is 18.6 Å². The molecular formula is C15H21ClN2O2S. The van der Waals surface area contributed by atoms with Crippen LogP contribution in [0.1, 0.15) is 38.5 Å². The number of piperidine rings is 1. The molecule has 0 spiro atoms. The number of nitrogens with two attached hydrogens (primary N) is 1. The third kappa shape index (κ3) is 2.79. The summed E-state index contributed by atoms with van der Waals surface area (Å²) in [6.45, 7) is 0.601. The summed E-state index contributed by atoms with van der Waals surface area (Å²) >= 11 is 6.12. The fourth-order valence-corrected chi connectivity index (χ4v) is 6.01. The number of rotatable bonds is 2. The average molecular weight is 329 g/mol. The third-order valence-corrected chi connectivity index (χ3v) is 7.14. The van der Waals surface area contributed by atoms with Gasteiger partial charge in [-0.1, -0.05) is 24.4 Å². The van der Waals surface area contributed by atoms with E-state index >= 15 is 0 Å². The molecule has 0 amide bonds. The van der Waals surface area contributed by atoms with Crippen molar-refractivity contribution in [3.05, 3.63) is 23.2 Å². The molecule has 0 aromatic heterocycles. The van der Waals surface area contributed by atoms with Crippen LogP contribution in [0.4, 0.5) is 5.69 Å². The van der Waals surface area contributed by atoms with E-state index in [4.69, 9.17) is 17.3 Å². The van der Waals surface area contributed by atoms with Gasteiger partial charge in [-0.25, -0.2) is 8.42 Å². The molecule has 1 saturated heterocycles. The molecule has 4 nitrogen and oxygen atoms in total. The molecule has 116 valence electrons. The number of anilines is 1. The van der Waals surface area contributed by atoms with Crippen molar-refractivity contribution in [2.45, 2.75) is 49.5 Å². The summed E-state index contributed by atoms with van der Waals surface area (Å²) in [5, 5.41) is 0.216. The Kier molecular flexibility index (Phi) is 4.17. The number of sulfonamides is 1. The normalized spacial score (nSPS) is 27.3. The second-order valence-electron chi connectivity index (χ2n) is 6.06. The Morgan fingerprint density at radius 3 is 2.62 bits per heavy atom. The van der Waals surface area contributed by atoms with Crippen LogP contribution in [0.5, 0.6) is 0 Å². The predicted octanol–water partition coefficient (Wildman–Crippen LogP) is 3.27. The third-order valence-electron chi connectivity index (χ3n) is 4.73. The molecule has 2 aliphatic rings. The van der Waals surface area contributed by atoms with Crippen molar-refractivity contribution in [2.24, 2.45) is 5.92 Å². The second kappa shape index (κ2) is 5.78. The fraction of sp³-hybridized carbons (Fsp3) is 0.600. The van der Waals surface area contributed by atoms with Gasteiger partial charge in [-0.2, -0.15) is 4.31 Å². The summed E-state index contributed by atoms with van der Waals surface area (Å²) in [5.41, 5.74) is 6.14. The maximum Gasteiger partial charge on any atom is 0.244 e. The lowest BCUT2D eigenvalue weighted by molar-refractivity contribution is 0.129. The smallest absolute Gasteiger partial charge is 0.244 e. The Hall–Kier alpha value is -0.780. The van der Waals surface area contributed by atoms with Gasteiger partial charge in [-0.3, -0.25) is 0 Å². The van der Waals surface area contributed by atoms with Gasteiger partial charge >= 0.3 is 0 Å². The number of benzene rings is 1. The SMILES string of the molecule is Nc1ccc(S(=O)(=O)N2CCCC3CCCCC32)c(Cl)c1. The highest BCUT2D eigenvalue weighted by atomic mass is 35.5. The van der Waals surface area contributed by atoms with Gasteiger partial charge in [0.25, 0.3) is 0 Å². The van der Waals surface area contributed by atoms with Gasteiger partial charge in [-0.15, -0.1) is 0 Å². The van der Waals surface area contributed by atoms with E-state index in [1.54, 1.807) is 10.4 Å². The van der Waals surface area contributed by atoms with E-state index in [-0.39, 0.29) is 16.0 Å². The number of nitrogen functional groups attached to an aromatic ring is 1. The van der Waals surface area contributed by atoms with E-state index < -0.39 is 10.0 Å². The van der Waals surface area contributed by atoms with Crippen LogP contribution in [0.2, 0.25) is 5.02 Å². The minimum Gasteiger partial charge on any atom is -0.399 e. The Labute approximate surface area is 131 Å². The highest BCUT2D eigenvalue weighted by Crippen LogP contribution is 2.39. The maximum absolute atomic E-state index is 13.0. The van der Waals surface area contributed by atoms with Gasteiger partial charge in [0, 0.05) is 18.3 Å². The summed E-state index contributed by atoms with van der Waals surface area (Å²) in [4.78, 5) is 0.185. The molecule has 6 heteroatoms. The molecule has 0 radical (unpaired) electrons. The molecule has 1 saturated carbocycles. The quantitative estimate of drug-likeness (QED) is 0.847. The Morgan fingerprint density at radius 2 is 1.86 bits per heavy atom. The molecule has 21 heavy (non-hydrogen) atoms. The highest BCUT2D eigenvalue weighted by molar-refractivity contribution is 7.89. The van der Waals surface area contributed by atoms with Gasteiger partial charge < -0.3 is 5.73 Å². The Bertz CT molecular complexity index is 631. The summed E-state index contributed by atoms with van der Waals surface area (Å²) in [6, 6.07) is 4.78. The van der Waals surface area contributed by atoms with Crippen molar-refractivity contribution >= 4 is 27.3 Å². The van der Waals surface area contributed by atoms with Crippen LogP contribution < -0.4 is 5.73 Å². The molecule has 3 rings (SSSR count). The van der Waals surface area contributed by atoms with E-state index in [0.29, 0.717) is 18.2 Å². The summed E-state index contributed by atoms with van der Waals surface area (Å²) in [6.07, 6.45) is 6.53. The summed E-state index contributed by atoms with van der Waals surface area (Å²) < 4.78 is 27.6. The molecule has 1 aromatic rings. The molecule has 1 aliphatic carbocycles. The van der Waals surface area contributed by atoms with Gasteiger partial charge in [0.15, 0.2) is 0 Å². The summed E-state index contributed by atoms with van der Waals surface area (Å²) in [7, 11) is -3.53. The van der Waals surface area contributed by atoms with E-state index in [0.717, 1.165) is 32.1 Å². The Morgan fingerprint density at radius 1 is 1.14 bits per heavy atom. The molecule has 2 N–H and O–H groups in total. The van der Waals surface area contributed by atoms with Crippen molar-refractivity contribution in [2.75, 3.05) is 12.3 Å². The lowest BCUT2D eigenvalue weighted by Crippen LogP contribution is -2.49. The first-order valence-corrected chi connectivity index (χ1v) is 9.39. The molecule has 2 atom stereocenters. The maximum atomic E-state index is 13.0. The molecule has 2 fully saturated rings. The van der Waals surface area contributed by atoms with Gasteiger partial charge in [0.05, 0.1) is 5.02 Å². The van der Waals surface area contributed by atoms with Crippen molar-refractivity contribution in [1.82, 2.24) is 4.31 Å². The van der Waals surface area contributed by atoms with Gasteiger partial charge in [-0.05, 0) is 49.8 Å². The lowest BCUT2D eigenvalue weighted by Gasteiger charge is -2.43. The zero-order chi connectivity index (χ0) is 15.0. The molecule has 1 aromatic carbocycles. The van der Waals surface area contributed by atoms with Crippen LogP contribution in [0.3, 0.4) is 0 Å². The monoisotopic (exact) mass is 328 g/mol. The lowest BCUT2D eigenvalue weighted by atomic mass is 9.79. The minimum atomic E-state index is -3.53. The zero-order valence-corrected chi connectivity index (χ0v) is 13.5. The molecule has 0 bridgehead atoms. The predicted molar refractivity (Wildman–Crippen MR) is 84.7 cm³/mol. The van der Waals surface area contributed by atoms with Crippen LogP contribution in [-0.2, 0) is 10.0 Å². The first-order valence-electron chi connectivity index (χ1n) is 7.57. The fourth-order valence-electron chi connectivity index (χ4n) is 3.73. The standard InChI is InChI=1S/C15H21ClN2O2S/c16-13-10-12(17)7-8-15(13)21(19,20)18-9-3-5-11-4-1-2-6-14(11)18/h7-8,10-11,14H,1-6,9,17H2. The first kappa shape index (κ1) is 15.1. The second-order valence-corrected chi connectivity index (χ2v) is 8.33. The molecule has 1 heterocycles. The molecule has 2 unspecified atom stereocenters. The number of hydrogen-bond donors (Lipinski definition) is 1. The average Bonchev–Trinajstić information content (AvgIpc) is 2.46. The van der Waals surface area contributed by atoms with E-state index in [1.807, 2.05) is 0 Å². The largest absolute Gasteiger partial charge is 0.399 e. The van der Waals surface area contributed by atoms with Crippen molar-refractivity contribution in [3.8, 4) is 0 Å². The van der Waals surface area contributed by atoms with E-state index in [2.05, 4.69) is 0 Å². The topological polar surface area (TPSA) is 63.4 Å². The van der Waals surface area contributed by atoms with Crippen LogP contribution in [0, 0.1) is 5.92 Å². The number of fused-ring (bicyclic) bond motifs is 1. The molecular weight excluding hydrogens is 308 g/mol. The van der Waals surface area contributed by atoms with Crippen molar-refractivity contribution < 1.29 is 8.42 Å². The van der Waals surface area contributed by atoms with Crippen LogP contribution in [0.15, 0.2) is 23.1 Å². The van der Waals surface area contributed by atoms with E-state index in [9.17, 15) is 8.42 Å². The van der Waals surface area contributed by atoms with Gasteiger partial charge in [0.1, 0.15) is 4.90 Å². The number of hydrogen-bond acceptors (Lipinski definition) is 3. The molecule has 1 aliphatic heterocycles. The van der Waals surface area contributed by atoms with Crippen LogP contribution >= 0.6 is 11.6 Å². The minimum absolute atomic E-state index is 0.145. The van der Waals surface area contributed by atoms with Gasteiger partial charge in [0.2, 0.25) is 10.0 Å².